The predicted octanol–water partition coefficient (Wildman–Crippen LogP) is 1.35. The molecule has 0 unspecified atom stereocenters. The summed E-state index contributed by atoms with van der Waals surface area (Å²) in [5.74, 6) is 0.241. The molecule has 0 N–H and O–H groups in total. The Labute approximate surface area is 118 Å². The Morgan fingerprint density at radius 1 is 1.25 bits per heavy atom. The normalized spacial score (nSPS) is 17.8. The first-order chi connectivity index (χ1) is 9.61. The van der Waals surface area contributed by atoms with Gasteiger partial charge in [-0.15, -0.1) is 0 Å². The Kier molecular flexibility index (Phi) is 3.17. The lowest BCUT2D eigenvalue weighted by Gasteiger charge is -2.13. The number of rotatable bonds is 1. The number of benzene rings is 1. The second-order valence-corrected chi connectivity index (χ2v) is 6.22. The van der Waals surface area contributed by atoms with Crippen LogP contribution in [0.3, 0.4) is 0 Å². The van der Waals surface area contributed by atoms with Crippen LogP contribution in [-0.2, 0) is 17.2 Å². The van der Waals surface area contributed by atoms with Crippen molar-refractivity contribution >= 4 is 16.7 Å². The quantitative estimate of drug-likeness (QED) is 0.796. The molecule has 2 aromatic rings. The van der Waals surface area contributed by atoms with Crippen molar-refractivity contribution in [1.82, 2.24) is 9.36 Å². The molecule has 0 fully saturated rings. The molecule has 1 aliphatic rings. The fourth-order valence-electron chi connectivity index (χ4n) is 2.58. The molecule has 104 valence electrons. The van der Waals surface area contributed by atoms with Crippen LogP contribution in [0, 0.1) is 0 Å². The molecule has 2 heterocycles. The van der Waals surface area contributed by atoms with Crippen molar-refractivity contribution in [3.05, 3.63) is 46.4 Å². The second-order valence-electron chi connectivity index (χ2n) is 4.71. The largest absolute Gasteiger partial charge is 0.288 e. The molecule has 5 nitrogen and oxygen atoms in total. The minimum absolute atomic E-state index is 0.244. The summed E-state index contributed by atoms with van der Waals surface area (Å²) in [5.41, 5.74) is 0.856. The maximum absolute atomic E-state index is 12.5. The van der Waals surface area contributed by atoms with Crippen molar-refractivity contribution in [2.75, 3.05) is 5.75 Å². The van der Waals surface area contributed by atoms with Gasteiger partial charge in [-0.1, -0.05) is 18.2 Å². The summed E-state index contributed by atoms with van der Waals surface area (Å²) in [6.45, 7) is 1.41. The van der Waals surface area contributed by atoms with Gasteiger partial charge in [-0.2, -0.15) is 0 Å². The van der Waals surface area contributed by atoms with E-state index >= 15 is 0 Å². The lowest BCUT2D eigenvalue weighted by Crippen LogP contribution is -2.25. The molecule has 0 aliphatic carbocycles. The molecule has 0 radical (unpaired) electrons. The highest BCUT2D eigenvalue weighted by atomic mass is 32.2. The van der Waals surface area contributed by atoms with Crippen molar-refractivity contribution in [3.8, 4) is 5.69 Å². The molecule has 1 aromatic heterocycles. The third-order valence-corrected chi connectivity index (χ3v) is 4.90. The van der Waals surface area contributed by atoms with Crippen molar-refractivity contribution < 1.29 is 9.00 Å². The zero-order valence-electron chi connectivity index (χ0n) is 11.0. The number of fused-ring (bicyclic) bond motifs is 1. The molecule has 1 atom stereocenters. The average Bonchev–Trinajstić information content (AvgIpc) is 2.74. The molecule has 0 amide bonds. The minimum Gasteiger partial charge on any atom is -0.273 e. The fraction of sp³-hybridized carbons (Fsp3) is 0.286. The van der Waals surface area contributed by atoms with Gasteiger partial charge in [0, 0.05) is 12.7 Å². The van der Waals surface area contributed by atoms with E-state index in [2.05, 4.69) is 0 Å². The third kappa shape index (κ3) is 1.87. The Balaban J connectivity index is 2.38. The van der Waals surface area contributed by atoms with Gasteiger partial charge in [0.1, 0.15) is 4.90 Å². The van der Waals surface area contributed by atoms with Gasteiger partial charge in [-0.05, 0) is 25.0 Å². The molecule has 0 spiro atoms. The van der Waals surface area contributed by atoms with E-state index in [9.17, 15) is 13.8 Å². The zero-order valence-corrected chi connectivity index (χ0v) is 11.9. The van der Waals surface area contributed by atoms with E-state index < -0.39 is 10.8 Å². The molecule has 1 aromatic carbocycles. The molecule has 20 heavy (non-hydrogen) atoms. The molecule has 6 heteroatoms. The van der Waals surface area contributed by atoms with Crippen LogP contribution < -0.4 is 5.56 Å². The molecule has 0 bridgehead atoms. The van der Waals surface area contributed by atoms with Gasteiger partial charge in [0.15, 0.2) is 0 Å². The molecule has 0 saturated carbocycles. The number of aromatic nitrogens is 2. The second kappa shape index (κ2) is 4.86. The summed E-state index contributed by atoms with van der Waals surface area (Å²) >= 11 is 0. The van der Waals surface area contributed by atoms with E-state index in [0.29, 0.717) is 23.6 Å². The van der Waals surface area contributed by atoms with Gasteiger partial charge >= 0.3 is 0 Å². The van der Waals surface area contributed by atoms with Crippen molar-refractivity contribution in [2.24, 2.45) is 0 Å². The van der Waals surface area contributed by atoms with Crippen LogP contribution >= 0.6 is 0 Å². The van der Waals surface area contributed by atoms with Crippen LogP contribution in [-0.4, -0.2) is 25.2 Å². The van der Waals surface area contributed by atoms with E-state index in [1.54, 1.807) is 24.3 Å². The van der Waals surface area contributed by atoms with Crippen LogP contribution in [0.25, 0.3) is 5.69 Å². The van der Waals surface area contributed by atoms with Crippen LogP contribution in [0.15, 0.2) is 40.0 Å². The van der Waals surface area contributed by atoms with Crippen molar-refractivity contribution in [2.45, 2.75) is 24.7 Å². The summed E-state index contributed by atoms with van der Waals surface area (Å²) in [5, 5.41) is 0. The Morgan fingerprint density at radius 3 is 2.60 bits per heavy atom. The average molecular weight is 290 g/mol. The van der Waals surface area contributed by atoms with Crippen LogP contribution in [0.4, 0.5) is 0 Å². The lowest BCUT2D eigenvalue weighted by molar-refractivity contribution is 0.0907. The maximum atomic E-state index is 12.5. The maximum Gasteiger partial charge on any atom is 0.288 e. The zero-order chi connectivity index (χ0) is 14.3. The molecule has 3 rings (SSSR count). The Morgan fingerprint density at radius 2 is 1.95 bits per heavy atom. The number of hydrogen-bond donors (Lipinski definition) is 0. The lowest BCUT2D eigenvalue weighted by atomic mass is 10.2. The minimum atomic E-state index is -1.31. The molecular weight excluding hydrogens is 276 g/mol. The summed E-state index contributed by atoms with van der Waals surface area (Å²) in [4.78, 5) is 24.8. The molecule has 1 aliphatic heterocycles. The molecular formula is C14H14N2O3S. The summed E-state index contributed by atoms with van der Waals surface area (Å²) in [6.07, 6.45) is 1.33. The highest BCUT2D eigenvalue weighted by Crippen LogP contribution is 2.21. The topological polar surface area (TPSA) is 61.1 Å². The predicted molar refractivity (Wildman–Crippen MR) is 75.9 cm³/mol. The van der Waals surface area contributed by atoms with Gasteiger partial charge in [0.2, 0.25) is 5.91 Å². The fourth-order valence-corrected chi connectivity index (χ4v) is 3.92. The van der Waals surface area contributed by atoms with E-state index in [4.69, 9.17) is 0 Å². The first-order valence-electron chi connectivity index (χ1n) is 6.43. The SMILES string of the molecule is CC(=O)n1c2c(c(=O)n1-c1ccccc1)[S@@](=O)CCC2. The standard InChI is InChI=1S/C14H14N2O3S/c1-10(17)15-12-8-5-9-20(19)13(12)14(18)16(15)11-6-3-2-4-7-11/h2-4,6-7H,5,8-9H2,1H3/t20-/m0/s1. The molecule has 0 saturated heterocycles. The third-order valence-electron chi connectivity index (χ3n) is 3.37. The number of carbonyl (C=O) groups excluding carboxylic acids is 1. The van der Waals surface area contributed by atoms with E-state index in [0.717, 1.165) is 6.42 Å². The van der Waals surface area contributed by atoms with Crippen LogP contribution in [0.2, 0.25) is 0 Å². The Hall–Kier alpha value is -1.95. The van der Waals surface area contributed by atoms with Crippen molar-refractivity contribution in [1.29, 1.82) is 0 Å². The van der Waals surface area contributed by atoms with E-state index in [-0.39, 0.29) is 16.4 Å². The van der Waals surface area contributed by atoms with Gasteiger partial charge < -0.3 is 0 Å². The summed E-state index contributed by atoms with van der Waals surface area (Å²) in [6, 6.07) is 8.96. The van der Waals surface area contributed by atoms with Gasteiger partial charge in [0.25, 0.3) is 5.56 Å². The monoisotopic (exact) mass is 290 g/mol. The number of nitrogens with zero attached hydrogens (tertiary/aromatic N) is 2. The highest BCUT2D eigenvalue weighted by molar-refractivity contribution is 7.85. The van der Waals surface area contributed by atoms with Gasteiger partial charge in [0.05, 0.1) is 22.2 Å². The summed E-state index contributed by atoms with van der Waals surface area (Å²) in [7, 11) is -1.31. The van der Waals surface area contributed by atoms with E-state index in [1.165, 1.54) is 16.3 Å². The first-order valence-corrected chi connectivity index (χ1v) is 7.75. The number of carbonyl (C=O) groups is 1. The van der Waals surface area contributed by atoms with Crippen LogP contribution in [0.5, 0.6) is 0 Å². The number of hydrogen-bond acceptors (Lipinski definition) is 3. The van der Waals surface area contributed by atoms with Crippen molar-refractivity contribution in [3.63, 3.8) is 0 Å². The van der Waals surface area contributed by atoms with Crippen LogP contribution in [0.1, 0.15) is 23.8 Å². The Bertz CT molecular complexity index is 759. The van der Waals surface area contributed by atoms with Gasteiger partial charge in [-0.3, -0.25) is 13.8 Å². The van der Waals surface area contributed by atoms with E-state index in [1.807, 2.05) is 6.07 Å². The smallest absolute Gasteiger partial charge is 0.273 e. The van der Waals surface area contributed by atoms with Gasteiger partial charge in [-0.25, -0.2) is 9.36 Å². The first kappa shape index (κ1) is 13.1. The summed E-state index contributed by atoms with van der Waals surface area (Å²) < 4.78 is 14.8. The number of para-hydroxylation sites is 1. The highest BCUT2D eigenvalue weighted by Gasteiger charge is 2.29.